The number of thiocarbonyl (C=S) groups is 1. The highest BCUT2D eigenvalue weighted by Gasteiger charge is 2.14. The summed E-state index contributed by atoms with van der Waals surface area (Å²) in [7, 11) is 0. The van der Waals surface area contributed by atoms with Crippen molar-refractivity contribution in [3.63, 3.8) is 0 Å². The molecule has 72 valence electrons. The summed E-state index contributed by atoms with van der Waals surface area (Å²) in [6.07, 6.45) is 8.22. The highest BCUT2D eigenvalue weighted by molar-refractivity contribution is 7.80. The second-order valence-electron chi connectivity index (χ2n) is 3.70. The molecule has 0 aromatic heterocycles. The molecule has 1 unspecified atom stereocenters. The molecule has 2 rings (SSSR count). The van der Waals surface area contributed by atoms with Gasteiger partial charge in [0.25, 0.3) is 0 Å². The Morgan fingerprint density at radius 2 is 2.00 bits per heavy atom. The number of benzene rings is 1. The lowest BCUT2D eigenvalue weighted by Gasteiger charge is -2.17. The Balaban J connectivity index is 2.16. The molecule has 1 aliphatic carbocycles. The molecule has 1 atom stereocenters. The van der Waals surface area contributed by atoms with E-state index in [0.29, 0.717) is 5.92 Å². The minimum atomic E-state index is 0.487. The molecule has 14 heavy (non-hydrogen) atoms. The highest BCUT2D eigenvalue weighted by Crippen LogP contribution is 2.22. The first-order valence-corrected chi connectivity index (χ1v) is 5.54. The van der Waals surface area contributed by atoms with Crippen molar-refractivity contribution in [2.45, 2.75) is 19.3 Å². The minimum Gasteiger partial charge on any atom is -0.0879 e. The maximum absolute atomic E-state index is 5.49. The van der Waals surface area contributed by atoms with Gasteiger partial charge in [0.15, 0.2) is 0 Å². The Morgan fingerprint density at radius 1 is 1.21 bits per heavy atom. The summed E-state index contributed by atoms with van der Waals surface area (Å²) in [5.74, 6) is 0.487. The Bertz CT molecular complexity index is 338. The van der Waals surface area contributed by atoms with Crippen LogP contribution in [0.3, 0.4) is 0 Å². The largest absolute Gasteiger partial charge is 0.0879 e. The van der Waals surface area contributed by atoms with Crippen LogP contribution in [0.5, 0.6) is 0 Å². The first-order chi connectivity index (χ1) is 6.88. The van der Waals surface area contributed by atoms with Gasteiger partial charge in [-0.2, -0.15) is 0 Å². The predicted molar refractivity (Wildman–Crippen MR) is 64.6 cm³/mol. The SMILES string of the molecule is S=C(c1ccccc1)C1C=CCCC1. The van der Waals surface area contributed by atoms with E-state index in [0.717, 1.165) is 4.86 Å². The van der Waals surface area contributed by atoms with Crippen molar-refractivity contribution >= 4 is 17.1 Å². The van der Waals surface area contributed by atoms with E-state index in [1.807, 2.05) is 18.2 Å². The Kier molecular flexibility index (Phi) is 3.10. The van der Waals surface area contributed by atoms with E-state index in [2.05, 4.69) is 24.3 Å². The average Bonchev–Trinajstić information content (AvgIpc) is 2.30. The van der Waals surface area contributed by atoms with E-state index in [1.165, 1.54) is 24.8 Å². The molecule has 1 heteroatoms. The third-order valence-electron chi connectivity index (χ3n) is 2.65. The van der Waals surface area contributed by atoms with Gasteiger partial charge in [-0.1, -0.05) is 54.7 Å². The van der Waals surface area contributed by atoms with Gasteiger partial charge in [0.2, 0.25) is 0 Å². The zero-order valence-corrected chi connectivity index (χ0v) is 8.96. The van der Waals surface area contributed by atoms with Crippen LogP contribution in [0, 0.1) is 5.92 Å². The lowest BCUT2D eigenvalue weighted by atomic mass is 9.90. The van der Waals surface area contributed by atoms with Crippen molar-refractivity contribution in [1.82, 2.24) is 0 Å². The summed E-state index contributed by atoms with van der Waals surface area (Å²) in [6, 6.07) is 10.3. The third-order valence-corrected chi connectivity index (χ3v) is 3.19. The van der Waals surface area contributed by atoms with Gasteiger partial charge in [0.1, 0.15) is 0 Å². The lowest BCUT2D eigenvalue weighted by Crippen LogP contribution is -2.13. The fraction of sp³-hybridized carbons (Fsp3) is 0.308. The van der Waals surface area contributed by atoms with E-state index >= 15 is 0 Å². The Morgan fingerprint density at radius 3 is 2.64 bits per heavy atom. The van der Waals surface area contributed by atoms with Crippen LogP contribution in [0.2, 0.25) is 0 Å². The van der Waals surface area contributed by atoms with Gasteiger partial charge >= 0.3 is 0 Å². The Labute approximate surface area is 90.6 Å². The van der Waals surface area contributed by atoms with Gasteiger partial charge in [-0.05, 0) is 24.8 Å². The second kappa shape index (κ2) is 4.52. The van der Waals surface area contributed by atoms with E-state index in [1.54, 1.807) is 0 Å². The van der Waals surface area contributed by atoms with Gasteiger partial charge < -0.3 is 0 Å². The van der Waals surface area contributed by atoms with E-state index in [4.69, 9.17) is 12.2 Å². The van der Waals surface area contributed by atoms with Crippen LogP contribution in [0.25, 0.3) is 0 Å². The zero-order valence-electron chi connectivity index (χ0n) is 8.15. The second-order valence-corrected chi connectivity index (χ2v) is 4.14. The molecule has 0 bridgehead atoms. The molecule has 0 N–H and O–H groups in total. The molecule has 0 nitrogen and oxygen atoms in total. The summed E-state index contributed by atoms with van der Waals surface area (Å²) in [5.41, 5.74) is 1.21. The molecule has 0 radical (unpaired) electrons. The molecule has 0 aliphatic heterocycles. The smallest absolute Gasteiger partial charge is 0.0293 e. The molecule has 0 heterocycles. The maximum Gasteiger partial charge on any atom is 0.0293 e. The van der Waals surface area contributed by atoms with Gasteiger partial charge in [-0.3, -0.25) is 0 Å². The molecule has 1 aromatic carbocycles. The van der Waals surface area contributed by atoms with Gasteiger partial charge in [0, 0.05) is 10.8 Å². The molecule has 0 saturated heterocycles. The van der Waals surface area contributed by atoms with Crippen molar-refractivity contribution in [2.75, 3.05) is 0 Å². The summed E-state index contributed by atoms with van der Waals surface area (Å²) < 4.78 is 0. The average molecular weight is 202 g/mol. The predicted octanol–water partition coefficient (Wildman–Crippen LogP) is 3.76. The highest BCUT2D eigenvalue weighted by atomic mass is 32.1. The molecule has 0 saturated carbocycles. The standard InChI is InChI=1S/C13H14S/c14-13(11-7-3-1-4-8-11)12-9-5-2-6-10-12/h1,3-5,7-9,12H,2,6,10H2. The maximum atomic E-state index is 5.49. The van der Waals surface area contributed by atoms with Crippen molar-refractivity contribution in [3.05, 3.63) is 48.0 Å². The van der Waals surface area contributed by atoms with Gasteiger partial charge in [0.05, 0.1) is 0 Å². The normalized spacial score (nSPS) is 20.7. The van der Waals surface area contributed by atoms with E-state index in [-0.39, 0.29) is 0 Å². The topological polar surface area (TPSA) is 0 Å². The molecule has 0 spiro atoms. The number of allylic oxidation sites excluding steroid dienone is 2. The summed E-state index contributed by atoms with van der Waals surface area (Å²) >= 11 is 5.49. The molecular weight excluding hydrogens is 188 g/mol. The quantitative estimate of drug-likeness (QED) is 0.400. The van der Waals surface area contributed by atoms with Gasteiger partial charge in [-0.25, -0.2) is 0 Å². The van der Waals surface area contributed by atoms with E-state index < -0.39 is 0 Å². The number of hydrogen-bond donors (Lipinski definition) is 0. The molecular formula is C13H14S. The van der Waals surface area contributed by atoms with Crippen LogP contribution in [0.1, 0.15) is 24.8 Å². The van der Waals surface area contributed by atoms with Crippen LogP contribution < -0.4 is 0 Å². The van der Waals surface area contributed by atoms with Crippen LogP contribution in [0.4, 0.5) is 0 Å². The van der Waals surface area contributed by atoms with Crippen LogP contribution >= 0.6 is 12.2 Å². The summed E-state index contributed by atoms with van der Waals surface area (Å²) in [6.45, 7) is 0. The molecule has 0 amide bonds. The molecule has 1 aliphatic rings. The monoisotopic (exact) mass is 202 g/mol. The molecule has 0 fully saturated rings. The van der Waals surface area contributed by atoms with Crippen molar-refractivity contribution in [1.29, 1.82) is 0 Å². The summed E-state index contributed by atoms with van der Waals surface area (Å²) in [4.78, 5) is 1.10. The number of hydrogen-bond acceptors (Lipinski definition) is 1. The van der Waals surface area contributed by atoms with Crippen molar-refractivity contribution in [3.8, 4) is 0 Å². The minimum absolute atomic E-state index is 0.487. The van der Waals surface area contributed by atoms with Crippen LogP contribution in [0.15, 0.2) is 42.5 Å². The lowest BCUT2D eigenvalue weighted by molar-refractivity contribution is 0.661. The van der Waals surface area contributed by atoms with E-state index in [9.17, 15) is 0 Å². The molecule has 1 aromatic rings. The number of rotatable bonds is 2. The zero-order chi connectivity index (χ0) is 9.80. The van der Waals surface area contributed by atoms with Crippen LogP contribution in [-0.2, 0) is 0 Å². The summed E-state index contributed by atoms with van der Waals surface area (Å²) in [5, 5.41) is 0. The fourth-order valence-electron chi connectivity index (χ4n) is 1.85. The first-order valence-electron chi connectivity index (χ1n) is 5.14. The van der Waals surface area contributed by atoms with Crippen molar-refractivity contribution < 1.29 is 0 Å². The third kappa shape index (κ3) is 2.10. The fourth-order valence-corrected chi connectivity index (χ4v) is 2.18. The van der Waals surface area contributed by atoms with Crippen molar-refractivity contribution in [2.24, 2.45) is 5.92 Å². The Hall–Kier alpha value is -0.950. The van der Waals surface area contributed by atoms with Gasteiger partial charge in [-0.15, -0.1) is 0 Å². The first kappa shape index (κ1) is 9.60. The van der Waals surface area contributed by atoms with Crippen LogP contribution in [-0.4, -0.2) is 4.86 Å².